The van der Waals surface area contributed by atoms with Crippen LogP contribution in [0.1, 0.15) is 0 Å². The van der Waals surface area contributed by atoms with Crippen molar-refractivity contribution in [2.45, 2.75) is 0 Å². The second-order valence-electron chi connectivity index (χ2n) is 16.3. The summed E-state index contributed by atoms with van der Waals surface area (Å²) in [7, 11) is 0. The van der Waals surface area contributed by atoms with Crippen LogP contribution in [0.3, 0.4) is 0 Å². The van der Waals surface area contributed by atoms with E-state index in [0.29, 0.717) is 0 Å². The zero-order valence-corrected chi connectivity index (χ0v) is 32.8. The highest BCUT2D eigenvalue weighted by Crippen LogP contribution is 2.50. The molecule has 3 aliphatic rings. The molecule has 2 aliphatic heterocycles. The Labute approximate surface area is 352 Å². The third-order valence-electron chi connectivity index (χ3n) is 13.2. The predicted molar refractivity (Wildman–Crippen MR) is 251 cm³/mol. The molecule has 0 radical (unpaired) electrons. The fraction of sp³-hybridized carbons (Fsp3) is 0. The minimum Gasteiger partial charge on any atom is -0.458 e. The third-order valence-corrected chi connectivity index (χ3v) is 13.2. The van der Waals surface area contributed by atoms with Gasteiger partial charge in [0.05, 0.1) is 22.1 Å². The fourth-order valence-corrected chi connectivity index (χ4v) is 10.6. The molecule has 6 heteroatoms. The second-order valence-corrected chi connectivity index (χ2v) is 16.3. The first-order chi connectivity index (χ1) is 30.3. The molecule has 0 atom stereocenters. The Morgan fingerprint density at radius 2 is 0.934 bits per heavy atom. The van der Waals surface area contributed by atoms with Crippen molar-refractivity contribution >= 4 is 68.0 Å². The van der Waals surface area contributed by atoms with E-state index in [2.05, 4.69) is 214 Å². The van der Waals surface area contributed by atoms with Gasteiger partial charge in [-0.15, -0.1) is 0 Å². The molecular weight excluding hydrogens is 743 g/mol. The van der Waals surface area contributed by atoms with E-state index < -0.39 is 0 Å². The number of nitrogens with zero attached hydrogens (tertiary/aromatic N) is 4. The van der Waals surface area contributed by atoms with Crippen LogP contribution >= 0.6 is 0 Å². The van der Waals surface area contributed by atoms with Crippen LogP contribution in [0, 0.1) is 0 Å². The molecule has 0 amide bonds. The van der Waals surface area contributed by atoms with Crippen LogP contribution in [0.2, 0.25) is 0 Å². The fourth-order valence-electron chi connectivity index (χ4n) is 10.6. The van der Waals surface area contributed by atoms with Gasteiger partial charge in [-0.2, -0.15) is 0 Å². The highest BCUT2D eigenvalue weighted by molar-refractivity contribution is 6.99. The summed E-state index contributed by atoms with van der Waals surface area (Å²) in [4.78, 5) is 7.66. The minimum absolute atomic E-state index is 0.0743. The molecule has 0 saturated heterocycles. The number of hydrogen-bond acceptors (Lipinski definition) is 3. The van der Waals surface area contributed by atoms with Crippen molar-refractivity contribution in [1.29, 1.82) is 0 Å². The van der Waals surface area contributed by atoms with E-state index in [1.807, 2.05) is 0 Å². The Morgan fingerprint density at radius 3 is 1.70 bits per heavy atom. The number of ether oxygens (including phenoxy) is 1. The van der Waals surface area contributed by atoms with Crippen LogP contribution in [-0.4, -0.2) is 20.7 Å². The largest absolute Gasteiger partial charge is 0.458 e. The maximum atomic E-state index is 6.63. The lowest BCUT2D eigenvalue weighted by molar-refractivity contribution is 0.487. The van der Waals surface area contributed by atoms with Gasteiger partial charge in [-0.05, 0) is 134 Å². The van der Waals surface area contributed by atoms with Gasteiger partial charge in [0, 0.05) is 22.7 Å². The van der Waals surface area contributed by atoms with Crippen LogP contribution < -0.4 is 26.0 Å². The number of imidazole rings is 2. The average molecular weight is 777 g/mol. The lowest BCUT2D eigenvalue weighted by Gasteiger charge is -2.40. The summed E-state index contributed by atoms with van der Waals surface area (Å²) in [6, 6.07) is 72.7. The molecule has 61 heavy (non-hydrogen) atoms. The van der Waals surface area contributed by atoms with Crippen molar-refractivity contribution in [3.8, 4) is 61.7 Å². The van der Waals surface area contributed by atoms with Crippen molar-refractivity contribution in [3.63, 3.8) is 0 Å². The molecule has 282 valence electrons. The highest BCUT2D eigenvalue weighted by atomic mass is 16.5. The lowest BCUT2D eigenvalue weighted by Crippen LogP contribution is -2.59. The van der Waals surface area contributed by atoms with Gasteiger partial charge in [-0.1, -0.05) is 127 Å². The van der Waals surface area contributed by atoms with E-state index in [4.69, 9.17) is 9.72 Å². The second kappa shape index (κ2) is 12.2. The molecule has 11 aromatic rings. The molecule has 0 bridgehead atoms. The maximum absolute atomic E-state index is 6.63. The molecule has 0 N–H and O–H groups in total. The van der Waals surface area contributed by atoms with Gasteiger partial charge in [0.25, 0.3) is 6.71 Å². The summed E-state index contributed by atoms with van der Waals surface area (Å²) in [6.45, 7) is 0.0743. The Morgan fingerprint density at radius 1 is 0.393 bits per heavy atom. The van der Waals surface area contributed by atoms with E-state index in [1.54, 1.807) is 0 Å². The summed E-state index contributed by atoms with van der Waals surface area (Å²) in [6.07, 6.45) is 0. The van der Waals surface area contributed by atoms with Crippen molar-refractivity contribution < 1.29 is 4.74 Å². The lowest BCUT2D eigenvalue weighted by atomic mass is 9.34. The van der Waals surface area contributed by atoms with E-state index in [0.717, 1.165) is 56.4 Å². The van der Waals surface area contributed by atoms with Crippen molar-refractivity contribution in [2.24, 2.45) is 0 Å². The van der Waals surface area contributed by atoms with Crippen LogP contribution in [0.4, 0.5) is 17.1 Å². The number of anilines is 3. The number of para-hydroxylation sites is 6. The van der Waals surface area contributed by atoms with Gasteiger partial charge < -0.3 is 9.64 Å². The van der Waals surface area contributed by atoms with Gasteiger partial charge in [0.15, 0.2) is 0 Å². The normalized spacial score (nSPS) is 13.0. The number of aromatic nitrogens is 3. The topological polar surface area (TPSA) is 34.7 Å². The predicted octanol–water partition coefficient (Wildman–Crippen LogP) is 11.8. The SMILES string of the molecule is c1ccc2c(c1)Oc1cccc3c1B2c1ccccc1N3c1ccc2c(c1)-c1ccccc1-c1cc(-n3c4ccccc4n4c5ccccc5nc34)ccc1-c1ccccc1-2. The van der Waals surface area contributed by atoms with E-state index in [-0.39, 0.29) is 6.71 Å². The zero-order chi connectivity index (χ0) is 39.8. The third kappa shape index (κ3) is 4.48. The maximum Gasteiger partial charge on any atom is 0.256 e. The summed E-state index contributed by atoms with van der Waals surface area (Å²) < 4.78 is 11.2. The number of rotatable bonds is 2. The van der Waals surface area contributed by atoms with Crippen LogP contribution in [-0.2, 0) is 0 Å². The molecule has 9 aromatic carbocycles. The molecule has 4 heterocycles. The summed E-state index contributed by atoms with van der Waals surface area (Å²) >= 11 is 0. The van der Waals surface area contributed by atoms with Crippen molar-refractivity contribution in [2.75, 3.05) is 4.90 Å². The Balaban J connectivity index is 1.00. The van der Waals surface area contributed by atoms with Gasteiger partial charge in [0.2, 0.25) is 5.78 Å². The first kappa shape index (κ1) is 32.8. The standard InChI is InChI=1S/C55H33BN4O/c1-2-15-37-36(14-1)40-30-28-34(58-47-21-8-5-18-44(47)56-45-19-6-12-26-52(45)61-53-27-13-25-51(58)54(53)56)32-42(40)38-16-3-4-17-39(38)43-33-35(29-31-41(37)43)59-49-23-10-11-24-50(49)60-48-22-9-7-20-46(48)57-55(59)60/h1-33H. The number of hydrogen-bond donors (Lipinski definition) is 0. The zero-order valence-electron chi connectivity index (χ0n) is 32.8. The molecule has 2 aromatic heterocycles. The summed E-state index contributed by atoms with van der Waals surface area (Å²) in [5, 5.41) is 0. The summed E-state index contributed by atoms with van der Waals surface area (Å²) in [5.74, 6) is 2.74. The smallest absolute Gasteiger partial charge is 0.256 e. The molecule has 0 unspecified atom stereocenters. The number of benzene rings is 9. The minimum atomic E-state index is 0.0743. The Kier molecular flexibility index (Phi) is 6.58. The monoisotopic (exact) mass is 776 g/mol. The van der Waals surface area contributed by atoms with Gasteiger partial charge in [0.1, 0.15) is 11.5 Å². The molecular formula is C55H33BN4O. The van der Waals surface area contributed by atoms with E-state index >= 15 is 0 Å². The van der Waals surface area contributed by atoms with Crippen LogP contribution in [0.25, 0.3) is 78.0 Å². The first-order valence-electron chi connectivity index (χ1n) is 20.9. The molecule has 14 rings (SSSR count). The van der Waals surface area contributed by atoms with Crippen molar-refractivity contribution in [3.05, 3.63) is 200 Å². The molecule has 5 nitrogen and oxygen atoms in total. The van der Waals surface area contributed by atoms with Crippen LogP contribution in [0.5, 0.6) is 11.5 Å². The van der Waals surface area contributed by atoms with E-state index in [1.165, 1.54) is 66.6 Å². The first-order valence-corrected chi connectivity index (χ1v) is 20.9. The number of fused-ring (bicyclic) bond motifs is 17. The molecule has 0 saturated carbocycles. The van der Waals surface area contributed by atoms with Gasteiger partial charge in [-0.25, -0.2) is 4.98 Å². The highest BCUT2D eigenvalue weighted by Gasteiger charge is 2.41. The summed E-state index contributed by atoms with van der Waals surface area (Å²) in [5.41, 5.74) is 22.1. The Bertz CT molecular complexity index is 3670. The van der Waals surface area contributed by atoms with Gasteiger partial charge in [-0.3, -0.25) is 8.97 Å². The van der Waals surface area contributed by atoms with E-state index in [9.17, 15) is 0 Å². The van der Waals surface area contributed by atoms with Crippen molar-refractivity contribution in [1.82, 2.24) is 14.0 Å². The molecule has 1 aliphatic carbocycles. The Hall–Kier alpha value is -8.09. The average Bonchev–Trinajstić information content (AvgIpc) is 3.85. The van der Waals surface area contributed by atoms with Crippen LogP contribution in [0.15, 0.2) is 200 Å². The quantitative estimate of drug-likeness (QED) is 0.164. The molecule has 0 fully saturated rings. The van der Waals surface area contributed by atoms with Gasteiger partial charge >= 0.3 is 0 Å². The molecule has 0 spiro atoms.